The first-order chi connectivity index (χ1) is 11.5. The van der Waals surface area contributed by atoms with Crippen LogP contribution in [0.1, 0.15) is 20.3 Å². The second-order valence-electron chi connectivity index (χ2n) is 5.28. The van der Waals surface area contributed by atoms with Crippen molar-refractivity contribution in [3.8, 4) is 0 Å². The van der Waals surface area contributed by atoms with E-state index < -0.39 is 34.2 Å². The first-order valence-electron chi connectivity index (χ1n) is 6.91. The van der Waals surface area contributed by atoms with Crippen molar-refractivity contribution in [1.82, 2.24) is 10.2 Å². The van der Waals surface area contributed by atoms with E-state index in [2.05, 4.69) is 9.50 Å². The van der Waals surface area contributed by atoms with Gasteiger partial charge < -0.3 is 19.5 Å². The van der Waals surface area contributed by atoms with Crippen LogP contribution in [-0.4, -0.2) is 46.8 Å². The average Bonchev–Trinajstić information content (AvgIpc) is 2.76. The minimum absolute atomic E-state index is 0. The van der Waals surface area contributed by atoms with Gasteiger partial charge in [-0.2, -0.15) is 21.4 Å². The predicted octanol–water partition coefficient (Wildman–Crippen LogP) is -2.77. The Morgan fingerprint density at radius 1 is 1.46 bits per heavy atom. The number of carboxylic acids is 1. The SMILES string of the molecule is CC(=O)N/C=C/SC1=C(C(=O)O)N2C(=O)[C@H]([C-](C)OS(=O)(=O)O)[C@H]2C1.[Na+]. The largest absolute Gasteiger partial charge is 1.00 e. The normalized spacial score (nSPS) is 22.3. The minimum atomic E-state index is -4.76. The zero-order valence-electron chi connectivity index (χ0n) is 14.1. The van der Waals surface area contributed by atoms with Gasteiger partial charge in [0.15, 0.2) is 0 Å². The van der Waals surface area contributed by atoms with Gasteiger partial charge in [0.05, 0.1) is 0 Å². The number of nitrogens with zero attached hydrogens (tertiary/aromatic N) is 1. The number of β-lactam (4-membered cyclic amide) rings is 1. The van der Waals surface area contributed by atoms with E-state index in [0.29, 0.717) is 4.91 Å². The molecule has 26 heavy (non-hydrogen) atoms. The summed E-state index contributed by atoms with van der Waals surface area (Å²) in [5.41, 5.74) is -0.191. The van der Waals surface area contributed by atoms with Crippen LogP contribution in [0.5, 0.6) is 0 Å². The van der Waals surface area contributed by atoms with Crippen LogP contribution in [0, 0.1) is 12.0 Å². The molecule has 2 atom stereocenters. The van der Waals surface area contributed by atoms with E-state index >= 15 is 0 Å². The van der Waals surface area contributed by atoms with Crippen LogP contribution < -0.4 is 34.9 Å². The van der Waals surface area contributed by atoms with Crippen LogP contribution in [0.25, 0.3) is 0 Å². The van der Waals surface area contributed by atoms with E-state index in [9.17, 15) is 27.9 Å². The quantitative estimate of drug-likeness (QED) is 0.174. The summed E-state index contributed by atoms with van der Waals surface area (Å²) in [6.45, 7) is 2.55. The molecule has 13 heteroatoms. The Hall–Kier alpha value is -0.890. The number of rotatable bonds is 7. The predicted molar refractivity (Wildman–Crippen MR) is 85.5 cm³/mol. The first kappa shape index (κ1) is 23.1. The van der Waals surface area contributed by atoms with E-state index in [1.54, 1.807) is 0 Å². The van der Waals surface area contributed by atoms with Crippen LogP contribution in [0.4, 0.5) is 0 Å². The summed E-state index contributed by atoms with van der Waals surface area (Å²) in [7, 11) is -4.76. The Morgan fingerprint density at radius 2 is 2.08 bits per heavy atom. The summed E-state index contributed by atoms with van der Waals surface area (Å²) in [6.07, 6.45) is 1.30. The molecule has 2 heterocycles. The van der Waals surface area contributed by atoms with Gasteiger partial charge >= 0.3 is 45.9 Å². The Morgan fingerprint density at radius 3 is 2.58 bits per heavy atom. The van der Waals surface area contributed by atoms with Gasteiger partial charge in [0.1, 0.15) is 5.70 Å². The molecule has 1 saturated heterocycles. The number of thioether (sulfide) groups is 1. The van der Waals surface area contributed by atoms with E-state index in [1.807, 2.05) is 0 Å². The fourth-order valence-electron chi connectivity index (χ4n) is 2.71. The molecule has 0 aromatic carbocycles. The van der Waals surface area contributed by atoms with Gasteiger partial charge in [-0.3, -0.25) is 14.1 Å². The van der Waals surface area contributed by atoms with E-state index in [-0.39, 0.29) is 53.7 Å². The van der Waals surface area contributed by atoms with Gasteiger partial charge in [-0.1, -0.05) is 11.8 Å². The number of carbonyl (C=O) groups excluding carboxylic acids is 2. The number of fused-ring (bicyclic) bond motifs is 1. The van der Waals surface area contributed by atoms with Crippen LogP contribution in [-0.2, 0) is 29.0 Å². The van der Waals surface area contributed by atoms with Gasteiger partial charge in [0, 0.05) is 30.5 Å². The van der Waals surface area contributed by atoms with Crippen molar-refractivity contribution in [2.24, 2.45) is 5.92 Å². The van der Waals surface area contributed by atoms with E-state index in [0.717, 1.165) is 16.7 Å². The van der Waals surface area contributed by atoms with Crippen molar-refractivity contribution in [1.29, 1.82) is 0 Å². The maximum absolute atomic E-state index is 12.2. The van der Waals surface area contributed by atoms with Crippen molar-refractivity contribution in [3.05, 3.63) is 28.3 Å². The summed E-state index contributed by atoms with van der Waals surface area (Å²) in [5.74, 6) is -3.17. The molecule has 1 fully saturated rings. The smallest absolute Gasteiger partial charge is 0.477 e. The van der Waals surface area contributed by atoms with Gasteiger partial charge in [0.25, 0.3) is 0 Å². The number of aliphatic carboxylic acids is 1. The molecular weight excluding hydrogens is 399 g/mol. The number of hydrogen-bond acceptors (Lipinski definition) is 7. The molecule has 10 nitrogen and oxygen atoms in total. The Labute approximate surface area is 176 Å². The maximum atomic E-state index is 12.2. The second-order valence-corrected chi connectivity index (χ2v) is 7.30. The number of amides is 2. The van der Waals surface area contributed by atoms with Crippen LogP contribution in [0.2, 0.25) is 0 Å². The van der Waals surface area contributed by atoms with Gasteiger partial charge in [-0.05, 0) is 11.3 Å². The Kier molecular flexibility index (Phi) is 7.89. The number of nitrogens with one attached hydrogen (secondary N) is 1. The molecule has 0 spiro atoms. The standard InChI is InChI=1S/C13H15N2O8S2.Na/c1-6(23-25(20,21)22)10-8-5-9(24-4-3-14-7(2)16)11(13(18)19)15(8)12(10)17;/h3-4,8,10H,5H2,1-2H3,(H,14,16)(H,18,19)(H,20,21,22);/q-1;+1/b4-3+;/t8-,10-;/m1./s1. The molecule has 0 aliphatic carbocycles. The van der Waals surface area contributed by atoms with Crippen molar-refractivity contribution in [2.45, 2.75) is 26.3 Å². The molecule has 2 rings (SSSR count). The summed E-state index contributed by atoms with van der Waals surface area (Å²) < 4.78 is 34.6. The van der Waals surface area contributed by atoms with Crippen molar-refractivity contribution in [2.75, 3.05) is 0 Å². The molecule has 0 radical (unpaired) electrons. The first-order valence-corrected chi connectivity index (χ1v) is 9.16. The maximum Gasteiger partial charge on any atom is 1.00 e. The Balaban J connectivity index is 0.00000338. The average molecular weight is 414 g/mol. The molecule has 138 valence electrons. The topological polar surface area (TPSA) is 150 Å². The third-order valence-electron chi connectivity index (χ3n) is 3.56. The zero-order valence-corrected chi connectivity index (χ0v) is 17.8. The summed E-state index contributed by atoms with van der Waals surface area (Å²) in [6, 6.07) is -0.600. The van der Waals surface area contributed by atoms with E-state index in [4.69, 9.17) is 4.55 Å². The molecule has 3 N–H and O–H groups in total. The third kappa shape index (κ3) is 5.09. The van der Waals surface area contributed by atoms with Gasteiger partial charge in [0.2, 0.25) is 11.8 Å². The van der Waals surface area contributed by atoms with E-state index in [1.165, 1.54) is 25.5 Å². The number of hydrogen-bond donors (Lipinski definition) is 3. The van der Waals surface area contributed by atoms with Crippen molar-refractivity contribution >= 4 is 39.9 Å². The molecule has 0 aromatic heterocycles. The third-order valence-corrected chi connectivity index (χ3v) is 4.95. The van der Waals surface area contributed by atoms with Gasteiger partial charge in [-0.15, -0.1) is 0 Å². The second kappa shape index (κ2) is 8.87. The van der Waals surface area contributed by atoms with Crippen LogP contribution in [0.15, 0.2) is 22.2 Å². The molecular formula is C13H15N2NaO8S2. The Bertz CT molecular complexity index is 779. The minimum Gasteiger partial charge on any atom is -0.477 e. The van der Waals surface area contributed by atoms with Crippen LogP contribution in [0.3, 0.4) is 0 Å². The number of carbonyl (C=O) groups is 3. The molecule has 0 bridgehead atoms. The fraction of sp³-hybridized carbons (Fsp3) is 0.385. The summed E-state index contributed by atoms with van der Waals surface area (Å²) >= 11 is 1.03. The summed E-state index contributed by atoms with van der Waals surface area (Å²) in [4.78, 5) is 35.9. The molecule has 2 amide bonds. The molecule has 0 unspecified atom stereocenters. The molecule has 2 aliphatic rings. The zero-order chi connectivity index (χ0) is 18.9. The number of carboxylic acid groups (broad SMARTS) is 1. The summed E-state index contributed by atoms with van der Waals surface area (Å²) in [5, 5.41) is 13.2. The molecule has 2 aliphatic heterocycles. The van der Waals surface area contributed by atoms with Gasteiger partial charge in [-0.25, -0.2) is 4.79 Å². The molecule has 0 saturated carbocycles. The fourth-order valence-corrected chi connectivity index (χ4v) is 4.01. The van der Waals surface area contributed by atoms with Crippen molar-refractivity contribution < 1.29 is 66.2 Å². The van der Waals surface area contributed by atoms with Crippen LogP contribution >= 0.6 is 11.8 Å². The monoisotopic (exact) mass is 414 g/mol. The molecule has 0 aromatic rings. The van der Waals surface area contributed by atoms with Crippen molar-refractivity contribution in [3.63, 3.8) is 0 Å².